The molecule has 0 spiro atoms. The van der Waals surface area contributed by atoms with Gasteiger partial charge in [-0.2, -0.15) is 0 Å². The van der Waals surface area contributed by atoms with Crippen LogP contribution in [0.4, 0.5) is 5.69 Å². The first-order valence-electron chi connectivity index (χ1n) is 7.11. The summed E-state index contributed by atoms with van der Waals surface area (Å²) >= 11 is 18.4. The Labute approximate surface area is 140 Å². The van der Waals surface area contributed by atoms with Gasteiger partial charge in [0.25, 0.3) is 0 Å². The molecular weight excluding hydrogens is 325 g/mol. The minimum Gasteiger partial charge on any atom is -0.382 e. The van der Waals surface area contributed by atoms with E-state index in [1.165, 1.54) is 30.4 Å². The van der Waals surface area contributed by atoms with Gasteiger partial charge < -0.3 is 5.32 Å². The van der Waals surface area contributed by atoms with E-state index in [4.69, 9.17) is 34.8 Å². The highest BCUT2D eigenvalue weighted by Gasteiger charge is 2.20. The van der Waals surface area contributed by atoms with Crippen LogP contribution in [0.5, 0.6) is 0 Å². The Morgan fingerprint density at radius 2 is 1.76 bits per heavy atom. The molecule has 110 valence electrons. The lowest BCUT2D eigenvalue weighted by atomic mass is 9.83. The van der Waals surface area contributed by atoms with Crippen molar-refractivity contribution in [2.24, 2.45) is 0 Å². The second-order valence-electron chi connectivity index (χ2n) is 5.41. The van der Waals surface area contributed by atoms with Crippen molar-refractivity contribution < 1.29 is 0 Å². The maximum absolute atomic E-state index is 6.22. The molecule has 3 rings (SSSR count). The van der Waals surface area contributed by atoms with E-state index < -0.39 is 0 Å². The van der Waals surface area contributed by atoms with Crippen molar-refractivity contribution in [3.63, 3.8) is 0 Å². The molecule has 2 aromatic carbocycles. The van der Waals surface area contributed by atoms with Gasteiger partial charge in [-0.15, -0.1) is 0 Å². The number of anilines is 1. The van der Waals surface area contributed by atoms with Gasteiger partial charge in [-0.05, 0) is 42.5 Å². The molecule has 1 nitrogen and oxygen atoms in total. The van der Waals surface area contributed by atoms with Gasteiger partial charge in [0.2, 0.25) is 0 Å². The molecular formula is C17H16Cl3N. The molecule has 0 aliphatic heterocycles. The molecule has 1 aliphatic rings. The summed E-state index contributed by atoms with van der Waals surface area (Å²) in [7, 11) is 0. The van der Waals surface area contributed by atoms with Gasteiger partial charge in [-0.1, -0.05) is 59.1 Å². The molecule has 0 heterocycles. The highest BCUT2D eigenvalue weighted by atomic mass is 35.5. The van der Waals surface area contributed by atoms with E-state index in [1.54, 1.807) is 12.1 Å². The maximum Gasteiger partial charge on any atom is 0.0720 e. The van der Waals surface area contributed by atoms with Crippen LogP contribution in [-0.4, -0.2) is 6.54 Å². The molecule has 1 atom stereocenters. The fraction of sp³-hybridized carbons (Fsp3) is 0.294. The summed E-state index contributed by atoms with van der Waals surface area (Å²) in [6, 6.07) is 12.1. The highest BCUT2D eigenvalue weighted by Crippen LogP contribution is 2.36. The van der Waals surface area contributed by atoms with E-state index >= 15 is 0 Å². The molecule has 0 saturated heterocycles. The van der Waals surface area contributed by atoms with Gasteiger partial charge in [-0.25, -0.2) is 0 Å². The van der Waals surface area contributed by atoms with Crippen molar-refractivity contribution in [2.75, 3.05) is 11.9 Å². The van der Waals surface area contributed by atoms with Gasteiger partial charge in [0, 0.05) is 17.5 Å². The average molecular weight is 341 g/mol. The second-order valence-corrected chi connectivity index (χ2v) is 6.66. The van der Waals surface area contributed by atoms with Crippen LogP contribution in [0.25, 0.3) is 0 Å². The molecule has 1 aliphatic carbocycles. The minimum atomic E-state index is 0.498. The normalized spacial score (nSPS) is 17.4. The summed E-state index contributed by atoms with van der Waals surface area (Å²) in [5.74, 6) is 0.498. The van der Waals surface area contributed by atoms with Gasteiger partial charge in [0.05, 0.1) is 15.7 Å². The van der Waals surface area contributed by atoms with Crippen LogP contribution in [0.15, 0.2) is 36.4 Å². The molecule has 0 bridgehead atoms. The zero-order chi connectivity index (χ0) is 14.8. The van der Waals surface area contributed by atoms with Gasteiger partial charge in [0.15, 0.2) is 0 Å². The van der Waals surface area contributed by atoms with Crippen molar-refractivity contribution in [2.45, 2.75) is 25.2 Å². The van der Waals surface area contributed by atoms with Crippen LogP contribution in [0.1, 0.15) is 29.9 Å². The standard InChI is InChI=1S/C17H16Cl3N/c18-13-8-15(19)17(16(20)9-13)21-10-12-6-3-5-11-4-1-2-7-14(11)12/h1-2,4,7-9,12,21H,3,5-6,10H2. The van der Waals surface area contributed by atoms with Crippen molar-refractivity contribution in [3.05, 3.63) is 62.6 Å². The molecule has 21 heavy (non-hydrogen) atoms. The summed E-state index contributed by atoms with van der Waals surface area (Å²) in [5.41, 5.74) is 3.67. The fourth-order valence-corrected chi connectivity index (χ4v) is 3.95. The average Bonchev–Trinajstić information content (AvgIpc) is 2.46. The molecule has 1 unspecified atom stereocenters. The van der Waals surface area contributed by atoms with Crippen molar-refractivity contribution in [1.82, 2.24) is 0 Å². The summed E-state index contributed by atoms with van der Waals surface area (Å²) < 4.78 is 0. The lowest BCUT2D eigenvalue weighted by Gasteiger charge is -2.26. The Kier molecular flexibility index (Phi) is 4.63. The first-order valence-corrected chi connectivity index (χ1v) is 8.25. The topological polar surface area (TPSA) is 12.0 Å². The van der Waals surface area contributed by atoms with Crippen LogP contribution in [-0.2, 0) is 6.42 Å². The number of aryl methyl sites for hydroxylation is 1. The van der Waals surface area contributed by atoms with Crippen LogP contribution in [0, 0.1) is 0 Å². The highest BCUT2D eigenvalue weighted by molar-refractivity contribution is 6.41. The van der Waals surface area contributed by atoms with Gasteiger partial charge in [-0.3, -0.25) is 0 Å². The van der Waals surface area contributed by atoms with E-state index in [9.17, 15) is 0 Å². The van der Waals surface area contributed by atoms with Crippen molar-refractivity contribution in [1.29, 1.82) is 0 Å². The van der Waals surface area contributed by atoms with Crippen LogP contribution in [0.3, 0.4) is 0 Å². The summed E-state index contributed by atoms with van der Waals surface area (Å²) in [4.78, 5) is 0. The van der Waals surface area contributed by atoms with Gasteiger partial charge >= 0.3 is 0 Å². The monoisotopic (exact) mass is 339 g/mol. The number of rotatable bonds is 3. The van der Waals surface area contributed by atoms with E-state index in [2.05, 4.69) is 29.6 Å². The molecule has 0 fully saturated rings. The third kappa shape index (κ3) is 3.31. The predicted molar refractivity (Wildman–Crippen MR) is 92.1 cm³/mol. The lowest BCUT2D eigenvalue weighted by molar-refractivity contribution is 0.572. The molecule has 2 aromatic rings. The predicted octanol–water partition coefficient (Wildman–Crippen LogP) is 6.18. The largest absolute Gasteiger partial charge is 0.382 e. The van der Waals surface area contributed by atoms with Crippen LogP contribution >= 0.6 is 34.8 Å². The third-order valence-corrected chi connectivity index (χ3v) is 4.84. The fourth-order valence-electron chi connectivity index (χ4n) is 3.00. The van der Waals surface area contributed by atoms with Crippen LogP contribution in [0.2, 0.25) is 15.1 Å². The Hall–Kier alpha value is -0.890. The summed E-state index contributed by atoms with van der Waals surface area (Å²) in [5, 5.41) is 5.08. The Bertz CT molecular complexity index is 631. The minimum absolute atomic E-state index is 0.498. The lowest BCUT2D eigenvalue weighted by Crippen LogP contribution is -2.18. The number of fused-ring (bicyclic) bond motifs is 1. The maximum atomic E-state index is 6.22. The van der Waals surface area contributed by atoms with E-state index in [-0.39, 0.29) is 0 Å². The Morgan fingerprint density at radius 1 is 1.05 bits per heavy atom. The van der Waals surface area contributed by atoms with E-state index in [0.717, 1.165) is 12.2 Å². The van der Waals surface area contributed by atoms with Crippen molar-refractivity contribution >= 4 is 40.5 Å². The summed E-state index contributed by atoms with van der Waals surface area (Å²) in [6.07, 6.45) is 3.59. The van der Waals surface area contributed by atoms with Crippen LogP contribution < -0.4 is 5.32 Å². The number of nitrogens with one attached hydrogen (secondary N) is 1. The zero-order valence-corrected chi connectivity index (χ0v) is 13.8. The van der Waals surface area contributed by atoms with Gasteiger partial charge in [0.1, 0.15) is 0 Å². The van der Waals surface area contributed by atoms with E-state index in [0.29, 0.717) is 21.0 Å². The SMILES string of the molecule is Clc1cc(Cl)c(NCC2CCCc3ccccc32)c(Cl)c1. The second kappa shape index (κ2) is 6.48. The van der Waals surface area contributed by atoms with Crippen molar-refractivity contribution in [3.8, 4) is 0 Å². The molecule has 0 saturated carbocycles. The quantitative estimate of drug-likeness (QED) is 0.703. The number of hydrogen-bond acceptors (Lipinski definition) is 1. The Morgan fingerprint density at radius 3 is 2.52 bits per heavy atom. The number of benzene rings is 2. The molecule has 1 N–H and O–H groups in total. The Balaban J connectivity index is 1.78. The summed E-state index contributed by atoms with van der Waals surface area (Å²) in [6.45, 7) is 0.831. The smallest absolute Gasteiger partial charge is 0.0720 e. The number of halogens is 3. The molecule has 0 radical (unpaired) electrons. The molecule has 0 amide bonds. The van der Waals surface area contributed by atoms with E-state index in [1.807, 2.05) is 0 Å². The molecule has 4 heteroatoms. The number of hydrogen-bond donors (Lipinski definition) is 1. The first-order chi connectivity index (χ1) is 10.1. The molecule has 0 aromatic heterocycles. The first kappa shape index (κ1) is 15.0. The zero-order valence-electron chi connectivity index (χ0n) is 11.5. The third-order valence-electron chi connectivity index (χ3n) is 4.03.